The first-order valence-electron chi connectivity index (χ1n) is 5.47. The molecule has 3 N–H and O–H groups in total. The second kappa shape index (κ2) is 5.72. The molecule has 0 radical (unpaired) electrons. The van der Waals surface area contributed by atoms with E-state index < -0.39 is 0 Å². The van der Waals surface area contributed by atoms with E-state index in [1.807, 2.05) is 6.20 Å². The zero-order chi connectivity index (χ0) is 11.4. The molecule has 88 valence electrons. The van der Waals surface area contributed by atoms with Crippen LogP contribution in [0.2, 0.25) is 0 Å². The lowest BCUT2D eigenvalue weighted by Gasteiger charge is -2.21. The fraction of sp³-hybridized carbons (Fsp3) is 0.545. The summed E-state index contributed by atoms with van der Waals surface area (Å²) in [6, 6.07) is 2.23. The number of rotatable bonds is 4. The lowest BCUT2D eigenvalue weighted by atomic mass is 10.0. The number of pyridine rings is 1. The van der Waals surface area contributed by atoms with Gasteiger partial charge in [-0.1, -0.05) is 0 Å². The number of hydrazine groups is 1. The topological polar surface area (TPSA) is 60.2 Å². The first-order valence-corrected chi connectivity index (χ1v) is 6.26. The number of halogens is 1. The lowest BCUT2D eigenvalue weighted by Crippen LogP contribution is -2.45. The van der Waals surface area contributed by atoms with Crippen LogP contribution < -0.4 is 11.3 Å². The van der Waals surface area contributed by atoms with E-state index in [0.29, 0.717) is 0 Å². The van der Waals surface area contributed by atoms with Gasteiger partial charge in [-0.15, -0.1) is 0 Å². The molecule has 1 aromatic rings. The Kier molecular flexibility index (Phi) is 4.29. The minimum Gasteiger partial charge on any atom is -0.377 e. The van der Waals surface area contributed by atoms with Crippen LogP contribution in [0.15, 0.2) is 22.9 Å². The molecule has 1 fully saturated rings. The van der Waals surface area contributed by atoms with Crippen LogP contribution in [0.4, 0.5) is 0 Å². The number of nitrogens with two attached hydrogens (primary N) is 1. The Labute approximate surface area is 104 Å². The fourth-order valence-electron chi connectivity index (χ4n) is 2.04. The van der Waals surface area contributed by atoms with E-state index in [1.165, 1.54) is 0 Å². The molecule has 0 spiro atoms. The summed E-state index contributed by atoms with van der Waals surface area (Å²) in [5.41, 5.74) is 4.00. The molecule has 16 heavy (non-hydrogen) atoms. The first-order chi connectivity index (χ1) is 7.79. The first kappa shape index (κ1) is 12.0. The zero-order valence-corrected chi connectivity index (χ0v) is 10.6. The summed E-state index contributed by atoms with van der Waals surface area (Å²) in [6.45, 7) is 0.847. The third-order valence-electron chi connectivity index (χ3n) is 2.84. The average Bonchev–Trinajstić information content (AvgIpc) is 2.79. The van der Waals surface area contributed by atoms with E-state index in [0.717, 1.165) is 35.9 Å². The summed E-state index contributed by atoms with van der Waals surface area (Å²) in [6.07, 6.45) is 6.91. The van der Waals surface area contributed by atoms with Gasteiger partial charge in [0.15, 0.2) is 0 Å². The van der Waals surface area contributed by atoms with Gasteiger partial charge in [-0.25, -0.2) is 0 Å². The minimum absolute atomic E-state index is 0.165. The van der Waals surface area contributed by atoms with Crippen LogP contribution in [0.25, 0.3) is 0 Å². The number of nitrogens with zero attached hydrogens (tertiary/aromatic N) is 1. The van der Waals surface area contributed by atoms with E-state index in [1.54, 1.807) is 6.20 Å². The molecule has 0 bridgehead atoms. The predicted molar refractivity (Wildman–Crippen MR) is 65.7 cm³/mol. The van der Waals surface area contributed by atoms with Crippen molar-refractivity contribution in [3.63, 3.8) is 0 Å². The van der Waals surface area contributed by atoms with Gasteiger partial charge in [-0.3, -0.25) is 16.3 Å². The van der Waals surface area contributed by atoms with Gasteiger partial charge < -0.3 is 4.74 Å². The molecular weight excluding hydrogens is 270 g/mol. The van der Waals surface area contributed by atoms with Gasteiger partial charge in [0.05, 0.1) is 12.1 Å². The molecule has 2 rings (SSSR count). The van der Waals surface area contributed by atoms with Gasteiger partial charge in [0.1, 0.15) is 0 Å². The Balaban J connectivity index is 2.00. The monoisotopic (exact) mass is 285 g/mol. The quantitative estimate of drug-likeness (QED) is 0.649. The molecule has 0 aromatic carbocycles. The van der Waals surface area contributed by atoms with Gasteiger partial charge in [-0.05, 0) is 46.8 Å². The number of hydrogen-bond donors (Lipinski definition) is 2. The Morgan fingerprint density at radius 2 is 2.50 bits per heavy atom. The van der Waals surface area contributed by atoms with Gasteiger partial charge in [-0.2, -0.15) is 0 Å². The summed E-state index contributed by atoms with van der Waals surface area (Å²) in [5.74, 6) is 5.58. The van der Waals surface area contributed by atoms with Gasteiger partial charge in [0.25, 0.3) is 0 Å². The standard InChI is InChI=1S/C11H16BrN3O/c12-9-4-8(6-14-7-9)5-10(15-13)11-2-1-3-16-11/h4,6-7,10-11,15H,1-3,5,13H2. The van der Waals surface area contributed by atoms with Crippen molar-refractivity contribution in [2.45, 2.75) is 31.4 Å². The van der Waals surface area contributed by atoms with Crippen molar-refractivity contribution in [3.8, 4) is 0 Å². The van der Waals surface area contributed by atoms with Crippen molar-refractivity contribution in [1.29, 1.82) is 0 Å². The third kappa shape index (κ3) is 3.01. The Morgan fingerprint density at radius 3 is 3.12 bits per heavy atom. The number of hydrogen-bond acceptors (Lipinski definition) is 4. The molecule has 0 amide bonds. The van der Waals surface area contributed by atoms with Crippen LogP contribution in [0.5, 0.6) is 0 Å². The molecule has 1 aliphatic heterocycles. The Morgan fingerprint density at radius 1 is 1.62 bits per heavy atom. The van der Waals surface area contributed by atoms with E-state index in [-0.39, 0.29) is 12.1 Å². The van der Waals surface area contributed by atoms with Crippen molar-refractivity contribution in [2.75, 3.05) is 6.61 Å². The van der Waals surface area contributed by atoms with Gasteiger partial charge >= 0.3 is 0 Å². The van der Waals surface area contributed by atoms with Crippen LogP contribution in [0.3, 0.4) is 0 Å². The highest BCUT2D eigenvalue weighted by molar-refractivity contribution is 9.10. The third-order valence-corrected chi connectivity index (χ3v) is 3.28. The highest BCUT2D eigenvalue weighted by atomic mass is 79.9. The largest absolute Gasteiger partial charge is 0.377 e. The second-order valence-corrected chi connectivity index (χ2v) is 4.96. The normalized spacial score (nSPS) is 22.2. The fourth-order valence-corrected chi connectivity index (χ4v) is 2.45. The maximum atomic E-state index is 5.63. The second-order valence-electron chi connectivity index (χ2n) is 4.04. The molecule has 0 aliphatic carbocycles. The van der Waals surface area contributed by atoms with E-state index in [2.05, 4.69) is 32.4 Å². The SMILES string of the molecule is NNC(Cc1cncc(Br)c1)C1CCCO1. The zero-order valence-electron chi connectivity index (χ0n) is 9.03. The van der Waals surface area contributed by atoms with E-state index in [9.17, 15) is 0 Å². The summed E-state index contributed by atoms with van der Waals surface area (Å²) in [4.78, 5) is 4.14. The van der Waals surface area contributed by atoms with Crippen LogP contribution in [-0.2, 0) is 11.2 Å². The van der Waals surface area contributed by atoms with E-state index >= 15 is 0 Å². The molecule has 2 unspecified atom stereocenters. The number of aromatic nitrogens is 1. The Hall–Kier alpha value is -0.490. The molecule has 0 saturated carbocycles. The van der Waals surface area contributed by atoms with Crippen molar-refractivity contribution in [2.24, 2.45) is 5.84 Å². The summed E-state index contributed by atoms with van der Waals surface area (Å²) >= 11 is 3.41. The molecular formula is C11H16BrN3O. The molecule has 4 nitrogen and oxygen atoms in total. The maximum absolute atomic E-state index is 5.63. The molecule has 5 heteroatoms. The molecule has 2 heterocycles. The molecule has 1 aromatic heterocycles. The smallest absolute Gasteiger partial charge is 0.0745 e. The summed E-state index contributed by atoms with van der Waals surface area (Å²) < 4.78 is 6.63. The Bertz CT molecular complexity index is 342. The lowest BCUT2D eigenvalue weighted by molar-refractivity contribution is 0.0784. The maximum Gasteiger partial charge on any atom is 0.0745 e. The van der Waals surface area contributed by atoms with Gasteiger partial charge in [0.2, 0.25) is 0 Å². The van der Waals surface area contributed by atoms with E-state index in [4.69, 9.17) is 10.6 Å². The number of nitrogens with one attached hydrogen (secondary N) is 1. The van der Waals surface area contributed by atoms with Gasteiger partial charge in [0, 0.05) is 23.5 Å². The van der Waals surface area contributed by atoms with Crippen molar-refractivity contribution >= 4 is 15.9 Å². The van der Waals surface area contributed by atoms with Crippen LogP contribution >= 0.6 is 15.9 Å². The van der Waals surface area contributed by atoms with Crippen molar-refractivity contribution in [3.05, 3.63) is 28.5 Å². The molecule has 1 saturated heterocycles. The van der Waals surface area contributed by atoms with Crippen molar-refractivity contribution in [1.82, 2.24) is 10.4 Å². The van der Waals surface area contributed by atoms with Crippen molar-refractivity contribution < 1.29 is 4.74 Å². The van der Waals surface area contributed by atoms with Crippen LogP contribution in [0.1, 0.15) is 18.4 Å². The van der Waals surface area contributed by atoms with Crippen LogP contribution in [-0.4, -0.2) is 23.7 Å². The summed E-state index contributed by atoms with van der Waals surface area (Å²) in [7, 11) is 0. The molecule has 1 aliphatic rings. The number of ether oxygens (including phenoxy) is 1. The highest BCUT2D eigenvalue weighted by Gasteiger charge is 2.25. The predicted octanol–water partition coefficient (Wildman–Crippen LogP) is 1.40. The molecule has 2 atom stereocenters. The minimum atomic E-state index is 0.165. The van der Waals surface area contributed by atoms with Crippen LogP contribution in [0, 0.1) is 0 Å². The highest BCUT2D eigenvalue weighted by Crippen LogP contribution is 2.19. The average molecular weight is 286 g/mol. The summed E-state index contributed by atoms with van der Waals surface area (Å²) in [5, 5.41) is 0.